The Balaban J connectivity index is 1.55. The maximum absolute atomic E-state index is 12.2. The minimum atomic E-state index is -0.351. The molecule has 1 atom stereocenters. The Morgan fingerprint density at radius 3 is 1.96 bits per heavy atom. The number of benzene rings is 2. The maximum atomic E-state index is 12.2. The first-order valence-electron chi connectivity index (χ1n) is 7.95. The van der Waals surface area contributed by atoms with Gasteiger partial charge in [-0.25, -0.2) is 4.79 Å². The van der Waals surface area contributed by atoms with Gasteiger partial charge in [0.05, 0.1) is 5.92 Å². The molecule has 2 aromatic carbocycles. The van der Waals surface area contributed by atoms with Crippen LogP contribution in [0.3, 0.4) is 0 Å². The van der Waals surface area contributed by atoms with E-state index in [1.165, 1.54) is 0 Å². The molecule has 0 heterocycles. The van der Waals surface area contributed by atoms with E-state index in [0.29, 0.717) is 36.3 Å². The summed E-state index contributed by atoms with van der Waals surface area (Å²) in [5.74, 6) is 0.234. The van der Waals surface area contributed by atoms with Crippen molar-refractivity contribution in [1.29, 1.82) is 0 Å². The van der Waals surface area contributed by atoms with E-state index in [4.69, 9.17) is 9.47 Å². The lowest BCUT2D eigenvalue weighted by atomic mass is 9.89. The molecule has 122 valence electrons. The van der Waals surface area contributed by atoms with Gasteiger partial charge in [-0.15, -0.1) is 0 Å². The van der Waals surface area contributed by atoms with Crippen molar-refractivity contribution in [1.82, 2.24) is 0 Å². The summed E-state index contributed by atoms with van der Waals surface area (Å²) < 4.78 is 10.7. The second-order valence-electron chi connectivity index (χ2n) is 5.64. The molecule has 1 aliphatic carbocycles. The second-order valence-corrected chi connectivity index (χ2v) is 5.64. The Kier molecular flexibility index (Phi) is 5.06. The molecule has 0 bridgehead atoms. The number of esters is 2. The quantitative estimate of drug-likeness (QED) is 0.632. The molecule has 1 aliphatic rings. The number of hydrogen-bond donors (Lipinski definition) is 0. The third-order valence-electron chi connectivity index (χ3n) is 3.92. The number of allylic oxidation sites excluding steroid dienone is 1. The molecule has 0 N–H and O–H groups in total. The summed E-state index contributed by atoms with van der Waals surface area (Å²) in [6, 6.07) is 18.0. The molecule has 3 rings (SSSR count). The van der Waals surface area contributed by atoms with E-state index in [1.807, 2.05) is 36.4 Å². The molecule has 24 heavy (non-hydrogen) atoms. The van der Waals surface area contributed by atoms with E-state index in [0.717, 1.165) is 0 Å². The molecule has 0 aliphatic heterocycles. The largest absolute Gasteiger partial charge is 0.426 e. The molecule has 0 aromatic heterocycles. The highest BCUT2D eigenvalue weighted by Gasteiger charge is 2.26. The molecule has 0 radical (unpaired) electrons. The van der Waals surface area contributed by atoms with Crippen molar-refractivity contribution >= 4 is 11.9 Å². The molecule has 0 amide bonds. The monoisotopic (exact) mass is 322 g/mol. The lowest BCUT2D eigenvalue weighted by Gasteiger charge is -2.19. The fraction of sp³-hybridized carbons (Fsp3) is 0.200. The molecule has 0 spiro atoms. The summed E-state index contributed by atoms with van der Waals surface area (Å²) in [5, 5.41) is 0. The highest BCUT2D eigenvalue weighted by Crippen LogP contribution is 2.26. The van der Waals surface area contributed by atoms with E-state index in [-0.39, 0.29) is 17.9 Å². The summed E-state index contributed by atoms with van der Waals surface area (Å²) in [6.45, 7) is 0. The minimum Gasteiger partial charge on any atom is -0.426 e. The van der Waals surface area contributed by atoms with Crippen LogP contribution >= 0.6 is 0 Å². The topological polar surface area (TPSA) is 52.6 Å². The van der Waals surface area contributed by atoms with Gasteiger partial charge in [0, 0.05) is 5.57 Å². The summed E-state index contributed by atoms with van der Waals surface area (Å²) in [4.78, 5) is 24.3. The van der Waals surface area contributed by atoms with Gasteiger partial charge in [-0.05, 0) is 43.5 Å². The van der Waals surface area contributed by atoms with E-state index < -0.39 is 0 Å². The van der Waals surface area contributed by atoms with Gasteiger partial charge in [-0.2, -0.15) is 0 Å². The van der Waals surface area contributed by atoms with Crippen LogP contribution in [-0.4, -0.2) is 11.9 Å². The molecular formula is C20H18O4. The zero-order valence-corrected chi connectivity index (χ0v) is 13.2. The van der Waals surface area contributed by atoms with Crippen LogP contribution in [0, 0.1) is 5.92 Å². The first-order chi connectivity index (χ1) is 11.7. The SMILES string of the molecule is O=C(Oc1ccccc1)C1=CCC(C(=O)Oc2ccccc2)CC1. The van der Waals surface area contributed by atoms with Crippen LogP contribution < -0.4 is 9.47 Å². The molecule has 0 fully saturated rings. The Morgan fingerprint density at radius 1 is 0.833 bits per heavy atom. The fourth-order valence-electron chi connectivity index (χ4n) is 2.58. The van der Waals surface area contributed by atoms with Crippen molar-refractivity contribution in [3.63, 3.8) is 0 Å². The van der Waals surface area contributed by atoms with E-state index >= 15 is 0 Å². The van der Waals surface area contributed by atoms with Crippen LogP contribution in [-0.2, 0) is 9.59 Å². The standard InChI is InChI=1S/C20H18O4/c21-19(23-17-7-3-1-4-8-17)15-11-13-16(14-12-15)20(22)24-18-9-5-2-6-10-18/h1-11,16H,12-14H2. The van der Waals surface area contributed by atoms with Gasteiger partial charge >= 0.3 is 11.9 Å². The van der Waals surface area contributed by atoms with Gasteiger partial charge in [0.25, 0.3) is 0 Å². The Hall–Kier alpha value is -2.88. The highest BCUT2D eigenvalue weighted by molar-refractivity contribution is 5.90. The van der Waals surface area contributed by atoms with E-state index in [2.05, 4.69) is 0 Å². The number of rotatable bonds is 4. The minimum absolute atomic E-state index is 0.224. The molecule has 1 unspecified atom stereocenters. The first-order valence-corrected chi connectivity index (χ1v) is 7.95. The van der Waals surface area contributed by atoms with E-state index in [1.54, 1.807) is 30.3 Å². The van der Waals surface area contributed by atoms with Crippen LogP contribution in [0.4, 0.5) is 0 Å². The molecule has 0 saturated heterocycles. The normalized spacial score (nSPS) is 16.8. The Labute approximate surface area is 140 Å². The summed E-state index contributed by atoms with van der Waals surface area (Å²) in [5.41, 5.74) is 0.614. The van der Waals surface area contributed by atoms with Crippen molar-refractivity contribution in [3.05, 3.63) is 72.3 Å². The van der Waals surface area contributed by atoms with Crippen LogP contribution in [0.1, 0.15) is 19.3 Å². The lowest BCUT2D eigenvalue weighted by molar-refractivity contribution is -0.139. The predicted molar refractivity (Wildman–Crippen MR) is 89.6 cm³/mol. The summed E-state index contributed by atoms with van der Waals surface area (Å²) in [6.07, 6.45) is 3.37. The average molecular weight is 322 g/mol. The van der Waals surface area contributed by atoms with Gasteiger partial charge in [-0.3, -0.25) is 4.79 Å². The molecular weight excluding hydrogens is 304 g/mol. The Bertz CT molecular complexity index is 735. The van der Waals surface area contributed by atoms with Crippen molar-refractivity contribution in [2.45, 2.75) is 19.3 Å². The molecule has 4 nitrogen and oxygen atoms in total. The number of carbonyl (C=O) groups excluding carboxylic acids is 2. The third kappa shape index (κ3) is 4.10. The highest BCUT2D eigenvalue weighted by atomic mass is 16.5. The predicted octanol–water partition coefficient (Wildman–Crippen LogP) is 3.92. The lowest BCUT2D eigenvalue weighted by Crippen LogP contribution is -2.24. The van der Waals surface area contributed by atoms with Gasteiger partial charge in [-0.1, -0.05) is 42.5 Å². The number of carbonyl (C=O) groups is 2. The third-order valence-corrected chi connectivity index (χ3v) is 3.92. The van der Waals surface area contributed by atoms with Crippen molar-refractivity contribution in [3.8, 4) is 11.5 Å². The number of hydrogen-bond acceptors (Lipinski definition) is 4. The fourth-order valence-corrected chi connectivity index (χ4v) is 2.58. The molecule has 2 aromatic rings. The van der Waals surface area contributed by atoms with Crippen molar-refractivity contribution in [2.24, 2.45) is 5.92 Å². The maximum Gasteiger partial charge on any atom is 0.339 e. The van der Waals surface area contributed by atoms with Crippen LogP contribution in [0.2, 0.25) is 0 Å². The Morgan fingerprint density at radius 2 is 1.42 bits per heavy atom. The molecule has 0 saturated carbocycles. The zero-order chi connectivity index (χ0) is 16.8. The van der Waals surface area contributed by atoms with Gasteiger partial charge in [0.15, 0.2) is 0 Å². The average Bonchev–Trinajstić information content (AvgIpc) is 2.63. The number of para-hydroxylation sites is 2. The zero-order valence-electron chi connectivity index (χ0n) is 13.2. The molecule has 4 heteroatoms. The van der Waals surface area contributed by atoms with Crippen LogP contribution in [0.25, 0.3) is 0 Å². The smallest absolute Gasteiger partial charge is 0.339 e. The number of ether oxygens (including phenoxy) is 2. The van der Waals surface area contributed by atoms with E-state index in [9.17, 15) is 9.59 Å². The van der Waals surface area contributed by atoms with Crippen LogP contribution in [0.15, 0.2) is 72.3 Å². The first kappa shape index (κ1) is 16.0. The van der Waals surface area contributed by atoms with Gasteiger partial charge < -0.3 is 9.47 Å². The van der Waals surface area contributed by atoms with Gasteiger partial charge in [0.1, 0.15) is 11.5 Å². The van der Waals surface area contributed by atoms with Crippen LogP contribution in [0.5, 0.6) is 11.5 Å². The summed E-state index contributed by atoms with van der Waals surface area (Å²) >= 11 is 0. The second kappa shape index (κ2) is 7.59. The van der Waals surface area contributed by atoms with Gasteiger partial charge in [0.2, 0.25) is 0 Å². The van der Waals surface area contributed by atoms with Crippen molar-refractivity contribution in [2.75, 3.05) is 0 Å². The summed E-state index contributed by atoms with van der Waals surface area (Å²) in [7, 11) is 0. The van der Waals surface area contributed by atoms with Crippen molar-refractivity contribution < 1.29 is 19.1 Å².